The van der Waals surface area contributed by atoms with E-state index in [1.165, 1.54) is 19.9 Å². The lowest BCUT2D eigenvalue weighted by atomic mass is 9.91. The van der Waals surface area contributed by atoms with Crippen LogP contribution in [0.4, 0.5) is 5.69 Å². The van der Waals surface area contributed by atoms with Crippen molar-refractivity contribution >= 4 is 40.7 Å². The predicted molar refractivity (Wildman–Crippen MR) is 82.1 cm³/mol. The lowest BCUT2D eigenvalue weighted by molar-refractivity contribution is -0.138. The van der Waals surface area contributed by atoms with E-state index in [0.29, 0.717) is 22.3 Å². The maximum atomic E-state index is 12.2. The van der Waals surface area contributed by atoms with E-state index >= 15 is 0 Å². The summed E-state index contributed by atoms with van der Waals surface area (Å²) in [6.07, 6.45) is 1.54. The second-order valence-corrected chi connectivity index (χ2v) is 5.49. The van der Waals surface area contributed by atoms with Crippen molar-refractivity contribution in [3.63, 3.8) is 0 Å². The van der Waals surface area contributed by atoms with Crippen molar-refractivity contribution in [3.05, 3.63) is 40.9 Å². The fourth-order valence-corrected chi connectivity index (χ4v) is 1.87. The molecule has 108 valence electrons. The molecular formula is C14H16Cl2N2O2. The normalized spacial score (nSPS) is 10.8. The van der Waals surface area contributed by atoms with Crippen LogP contribution in [0, 0.1) is 5.41 Å². The Kier molecular flexibility index (Phi) is 5.60. The third-order valence-corrected chi connectivity index (χ3v) is 3.37. The van der Waals surface area contributed by atoms with Gasteiger partial charge in [0.2, 0.25) is 11.8 Å². The van der Waals surface area contributed by atoms with Crippen LogP contribution in [0.25, 0.3) is 0 Å². The molecule has 0 fully saturated rings. The van der Waals surface area contributed by atoms with Gasteiger partial charge in [-0.3, -0.25) is 9.59 Å². The van der Waals surface area contributed by atoms with Crippen molar-refractivity contribution in [2.24, 2.45) is 5.41 Å². The number of anilines is 1. The number of halogens is 2. The molecule has 0 heterocycles. The van der Waals surface area contributed by atoms with Crippen LogP contribution >= 0.6 is 23.2 Å². The monoisotopic (exact) mass is 314 g/mol. The van der Waals surface area contributed by atoms with Crippen LogP contribution in [0.5, 0.6) is 0 Å². The zero-order valence-corrected chi connectivity index (χ0v) is 12.8. The molecule has 0 saturated heterocycles. The van der Waals surface area contributed by atoms with Crippen LogP contribution in [0.15, 0.2) is 30.9 Å². The molecule has 0 atom stereocenters. The molecule has 2 amide bonds. The van der Waals surface area contributed by atoms with E-state index in [-0.39, 0.29) is 0 Å². The third-order valence-electron chi connectivity index (χ3n) is 2.74. The number of amides is 2. The van der Waals surface area contributed by atoms with E-state index in [9.17, 15) is 9.59 Å². The highest BCUT2D eigenvalue weighted by molar-refractivity contribution is 6.40. The van der Waals surface area contributed by atoms with Crippen molar-refractivity contribution in [2.75, 3.05) is 11.9 Å². The highest BCUT2D eigenvalue weighted by Gasteiger charge is 2.36. The summed E-state index contributed by atoms with van der Waals surface area (Å²) >= 11 is 11.9. The van der Waals surface area contributed by atoms with Gasteiger partial charge in [0.1, 0.15) is 5.41 Å². The molecule has 0 radical (unpaired) electrons. The first-order valence-electron chi connectivity index (χ1n) is 5.95. The Morgan fingerprint density at radius 2 is 1.80 bits per heavy atom. The SMILES string of the molecule is C=CCNC(=O)C(C)(C)C(=O)Nc1c(Cl)cccc1Cl. The van der Waals surface area contributed by atoms with Gasteiger partial charge in [0.05, 0.1) is 15.7 Å². The summed E-state index contributed by atoms with van der Waals surface area (Å²) in [7, 11) is 0. The van der Waals surface area contributed by atoms with Crippen molar-refractivity contribution in [1.82, 2.24) is 5.32 Å². The lowest BCUT2D eigenvalue weighted by Gasteiger charge is -2.23. The Morgan fingerprint density at radius 1 is 1.25 bits per heavy atom. The highest BCUT2D eigenvalue weighted by atomic mass is 35.5. The van der Waals surface area contributed by atoms with E-state index in [1.54, 1.807) is 18.2 Å². The molecule has 0 aliphatic heterocycles. The molecule has 20 heavy (non-hydrogen) atoms. The molecule has 1 aromatic rings. The Bertz CT molecular complexity index is 522. The molecule has 1 aromatic carbocycles. The van der Waals surface area contributed by atoms with E-state index in [4.69, 9.17) is 23.2 Å². The molecule has 1 rings (SSSR count). The van der Waals surface area contributed by atoms with Crippen LogP contribution < -0.4 is 10.6 Å². The summed E-state index contributed by atoms with van der Waals surface area (Å²) in [6, 6.07) is 4.88. The second-order valence-electron chi connectivity index (χ2n) is 4.67. The standard InChI is InChI=1S/C14H16Cl2N2O2/c1-4-8-17-12(19)14(2,3)13(20)18-11-9(15)6-5-7-10(11)16/h4-7H,1,8H2,2-3H3,(H,17,19)(H,18,20). The Balaban J connectivity index is 2.89. The number of carbonyl (C=O) groups excluding carboxylic acids is 2. The number of carbonyl (C=O) groups is 2. The minimum Gasteiger partial charge on any atom is -0.352 e. The van der Waals surface area contributed by atoms with Crippen molar-refractivity contribution < 1.29 is 9.59 Å². The summed E-state index contributed by atoms with van der Waals surface area (Å²) in [5.41, 5.74) is -0.962. The summed E-state index contributed by atoms with van der Waals surface area (Å²) < 4.78 is 0. The zero-order chi connectivity index (χ0) is 15.3. The van der Waals surface area contributed by atoms with Gasteiger partial charge < -0.3 is 10.6 Å². The minimum atomic E-state index is -1.26. The van der Waals surface area contributed by atoms with Gasteiger partial charge >= 0.3 is 0 Å². The first-order chi connectivity index (χ1) is 9.30. The maximum absolute atomic E-state index is 12.2. The largest absolute Gasteiger partial charge is 0.352 e. The van der Waals surface area contributed by atoms with Gasteiger partial charge in [-0.2, -0.15) is 0 Å². The lowest BCUT2D eigenvalue weighted by Crippen LogP contribution is -2.45. The number of hydrogen-bond acceptors (Lipinski definition) is 2. The van der Waals surface area contributed by atoms with Gasteiger partial charge in [0.25, 0.3) is 0 Å². The highest BCUT2D eigenvalue weighted by Crippen LogP contribution is 2.31. The molecule has 0 aromatic heterocycles. The summed E-state index contributed by atoms with van der Waals surface area (Å²) in [6.45, 7) is 6.83. The Hall–Kier alpha value is -1.52. The summed E-state index contributed by atoms with van der Waals surface area (Å²) in [5, 5.41) is 5.80. The van der Waals surface area contributed by atoms with Crippen LogP contribution in [0.1, 0.15) is 13.8 Å². The number of benzene rings is 1. The third kappa shape index (κ3) is 3.74. The molecule has 0 saturated carbocycles. The second kappa shape index (κ2) is 6.77. The van der Waals surface area contributed by atoms with Crippen molar-refractivity contribution in [2.45, 2.75) is 13.8 Å². The number of nitrogens with one attached hydrogen (secondary N) is 2. The minimum absolute atomic E-state index is 0.294. The number of hydrogen-bond donors (Lipinski definition) is 2. The number of rotatable bonds is 5. The molecule has 2 N–H and O–H groups in total. The Morgan fingerprint density at radius 3 is 2.30 bits per heavy atom. The smallest absolute Gasteiger partial charge is 0.239 e. The molecule has 6 heteroatoms. The molecule has 4 nitrogen and oxygen atoms in total. The first kappa shape index (κ1) is 16.5. The topological polar surface area (TPSA) is 58.2 Å². The summed E-state index contributed by atoms with van der Waals surface area (Å²) in [5.74, 6) is -0.896. The fourth-order valence-electron chi connectivity index (χ4n) is 1.38. The Labute approximate surface area is 128 Å². The number of para-hydroxylation sites is 1. The van der Waals surface area contributed by atoms with E-state index < -0.39 is 17.2 Å². The van der Waals surface area contributed by atoms with Crippen LogP contribution in [-0.4, -0.2) is 18.4 Å². The van der Waals surface area contributed by atoms with E-state index in [2.05, 4.69) is 17.2 Å². The quantitative estimate of drug-likeness (QED) is 0.647. The van der Waals surface area contributed by atoms with Gasteiger partial charge in [-0.25, -0.2) is 0 Å². The van der Waals surface area contributed by atoms with Gasteiger partial charge in [0, 0.05) is 6.54 Å². The first-order valence-corrected chi connectivity index (χ1v) is 6.71. The zero-order valence-electron chi connectivity index (χ0n) is 11.3. The van der Waals surface area contributed by atoms with E-state index in [1.807, 2.05) is 0 Å². The average Bonchev–Trinajstić information content (AvgIpc) is 2.39. The molecule has 0 aliphatic carbocycles. The van der Waals surface area contributed by atoms with Crippen LogP contribution in [0.3, 0.4) is 0 Å². The van der Waals surface area contributed by atoms with Crippen molar-refractivity contribution in [3.8, 4) is 0 Å². The van der Waals surface area contributed by atoms with Crippen LogP contribution in [0.2, 0.25) is 10.0 Å². The molecule has 0 spiro atoms. The van der Waals surface area contributed by atoms with Gasteiger partial charge in [0.15, 0.2) is 0 Å². The molecular weight excluding hydrogens is 299 g/mol. The van der Waals surface area contributed by atoms with Gasteiger partial charge in [-0.05, 0) is 26.0 Å². The van der Waals surface area contributed by atoms with Crippen LogP contribution in [-0.2, 0) is 9.59 Å². The predicted octanol–water partition coefficient (Wildman–Crippen LogP) is 3.26. The fraction of sp³-hybridized carbons (Fsp3) is 0.286. The van der Waals surface area contributed by atoms with Gasteiger partial charge in [-0.1, -0.05) is 35.3 Å². The molecule has 0 bridgehead atoms. The summed E-state index contributed by atoms with van der Waals surface area (Å²) in [4.78, 5) is 24.2. The van der Waals surface area contributed by atoms with E-state index in [0.717, 1.165) is 0 Å². The molecule has 0 aliphatic rings. The maximum Gasteiger partial charge on any atom is 0.239 e. The molecule has 0 unspecified atom stereocenters. The average molecular weight is 315 g/mol. The van der Waals surface area contributed by atoms with Crippen molar-refractivity contribution in [1.29, 1.82) is 0 Å². The van der Waals surface area contributed by atoms with Gasteiger partial charge in [-0.15, -0.1) is 6.58 Å².